The van der Waals surface area contributed by atoms with Crippen LogP contribution in [0.2, 0.25) is 0 Å². The van der Waals surface area contributed by atoms with Crippen LogP contribution < -0.4 is 0 Å². The first-order chi connectivity index (χ1) is 10.8. The van der Waals surface area contributed by atoms with Crippen molar-refractivity contribution in [3.63, 3.8) is 0 Å². The first kappa shape index (κ1) is 16.9. The lowest BCUT2D eigenvalue weighted by Crippen LogP contribution is -2.41. The molecule has 0 spiro atoms. The molecule has 3 heterocycles. The van der Waals surface area contributed by atoms with Gasteiger partial charge in [-0.05, 0) is 30.8 Å². The van der Waals surface area contributed by atoms with Crippen molar-refractivity contribution in [2.45, 2.75) is 19.4 Å². The SMILES string of the molecule is CS(=O)(=O)N1C[C@H]2CN(Cc3cccs3)CCC[C@@]2(C(=O)O)C1. The molecule has 1 N–H and O–H groups in total. The van der Waals surface area contributed by atoms with Crippen LogP contribution in [0, 0.1) is 11.3 Å². The summed E-state index contributed by atoms with van der Waals surface area (Å²) in [7, 11) is -3.36. The van der Waals surface area contributed by atoms with Crippen molar-refractivity contribution in [2.75, 3.05) is 32.4 Å². The third-order valence-electron chi connectivity index (χ3n) is 5.09. The van der Waals surface area contributed by atoms with Crippen molar-refractivity contribution in [1.82, 2.24) is 9.21 Å². The van der Waals surface area contributed by atoms with Crippen LogP contribution in [0.4, 0.5) is 0 Å². The van der Waals surface area contributed by atoms with Crippen molar-refractivity contribution in [3.05, 3.63) is 22.4 Å². The zero-order valence-electron chi connectivity index (χ0n) is 13.1. The monoisotopic (exact) mass is 358 g/mol. The summed E-state index contributed by atoms with van der Waals surface area (Å²) in [5, 5.41) is 11.9. The standard InChI is InChI=1S/C15H22N2O4S2/c1-23(20,21)17-9-12-8-16(10-13-4-2-7-22-13)6-3-5-15(12,11-17)14(18)19/h2,4,7,12H,3,5-6,8-11H2,1H3,(H,18,19)/t12-,15-/m1/s1. The normalized spacial score (nSPS) is 30.0. The van der Waals surface area contributed by atoms with Crippen molar-refractivity contribution in [1.29, 1.82) is 0 Å². The topological polar surface area (TPSA) is 77.9 Å². The number of hydrogen-bond acceptors (Lipinski definition) is 5. The van der Waals surface area contributed by atoms with Crippen LogP contribution in [0.3, 0.4) is 0 Å². The minimum absolute atomic E-state index is 0.110. The molecule has 1 aromatic rings. The van der Waals surface area contributed by atoms with Gasteiger partial charge in [0, 0.05) is 37.0 Å². The third-order valence-corrected chi connectivity index (χ3v) is 7.17. The average Bonchev–Trinajstić information content (AvgIpc) is 3.04. The maximum absolute atomic E-state index is 12.0. The van der Waals surface area contributed by atoms with E-state index in [-0.39, 0.29) is 12.5 Å². The van der Waals surface area contributed by atoms with Gasteiger partial charge in [-0.15, -0.1) is 11.3 Å². The lowest BCUT2D eigenvalue weighted by Gasteiger charge is -2.29. The summed E-state index contributed by atoms with van der Waals surface area (Å²) >= 11 is 1.69. The third kappa shape index (κ3) is 3.31. The number of sulfonamides is 1. The van der Waals surface area contributed by atoms with Crippen LogP contribution >= 0.6 is 11.3 Å². The van der Waals surface area contributed by atoms with Crippen molar-refractivity contribution < 1.29 is 18.3 Å². The Morgan fingerprint density at radius 2 is 2.26 bits per heavy atom. The minimum Gasteiger partial charge on any atom is -0.481 e. The fourth-order valence-corrected chi connectivity index (χ4v) is 5.50. The number of hydrogen-bond donors (Lipinski definition) is 1. The Labute approximate surface area is 140 Å². The maximum Gasteiger partial charge on any atom is 0.311 e. The molecule has 0 radical (unpaired) electrons. The lowest BCUT2D eigenvalue weighted by molar-refractivity contribution is -0.150. The number of nitrogens with zero attached hydrogens (tertiary/aromatic N) is 2. The molecule has 0 bridgehead atoms. The fraction of sp³-hybridized carbons (Fsp3) is 0.667. The number of aliphatic carboxylic acids is 1. The molecule has 0 saturated carbocycles. The quantitative estimate of drug-likeness (QED) is 0.878. The van der Waals surface area contributed by atoms with E-state index in [9.17, 15) is 18.3 Å². The Kier molecular flexibility index (Phi) is 4.52. The van der Waals surface area contributed by atoms with E-state index in [1.54, 1.807) is 11.3 Å². The van der Waals surface area contributed by atoms with Crippen LogP contribution in [-0.4, -0.2) is 61.1 Å². The van der Waals surface area contributed by atoms with Gasteiger partial charge in [0.1, 0.15) is 0 Å². The number of carboxylic acids is 1. The molecule has 2 saturated heterocycles. The highest BCUT2D eigenvalue weighted by atomic mass is 32.2. The molecule has 0 amide bonds. The molecule has 1 aromatic heterocycles. The Morgan fingerprint density at radius 1 is 1.48 bits per heavy atom. The van der Waals surface area contributed by atoms with Crippen molar-refractivity contribution >= 4 is 27.3 Å². The molecule has 3 rings (SSSR count). The van der Waals surface area contributed by atoms with E-state index in [1.165, 1.54) is 9.18 Å². The van der Waals surface area contributed by atoms with Crippen molar-refractivity contribution in [2.24, 2.45) is 11.3 Å². The highest BCUT2D eigenvalue weighted by Crippen LogP contribution is 2.43. The van der Waals surface area contributed by atoms with Crippen LogP contribution in [0.5, 0.6) is 0 Å². The summed E-state index contributed by atoms with van der Waals surface area (Å²) in [4.78, 5) is 15.5. The summed E-state index contributed by atoms with van der Waals surface area (Å²) in [6.45, 7) is 2.73. The smallest absolute Gasteiger partial charge is 0.311 e. The molecule has 0 unspecified atom stereocenters. The molecule has 6 nitrogen and oxygen atoms in total. The van der Waals surface area contributed by atoms with E-state index >= 15 is 0 Å². The molecule has 0 aromatic carbocycles. The summed E-state index contributed by atoms with van der Waals surface area (Å²) in [6, 6.07) is 4.10. The molecule has 8 heteroatoms. The summed E-state index contributed by atoms with van der Waals surface area (Å²) < 4.78 is 25.1. The second-order valence-electron chi connectivity index (χ2n) is 6.63. The summed E-state index contributed by atoms with van der Waals surface area (Å²) in [6.07, 6.45) is 2.49. The van der Waals surface area contributed by atoms with Gasteiger partial charge in [-0.25, -0.2) is 12.7 Å². The van der Waals surface area contributed by atoms with E-state index in [2.05, 4.69) is 11.0 Å². The molecule has 0 aliphatic carbocycles. The van der Waals surface area contributed by atoms with Gasteiger partial charge >= 0.3 is 5.97 Å². The second-order valence-corrected chi connectivity index (χ2v) is 9.65. The number of carboxylic acid groups (broad SMARTS) is 1. The lowest BCUT2D eigenvalue weighted by atomic mass is 9.75. The largest absolute Gasteiger partial charge is 0.481 e. The van der Waals surface area contributed by atoms with Gasteiger partial charge in [-0.3, -0.25) is 9.69 Å². The maximum atomic E-state index is 12.0. The predicted octanol–water partition coefficient (Wildman–Crippen LogP) is 1.31. The molecule has 128 valence electrons. The number of rotatable bonds is 4. The molecule has 2 aliphatic heterocycles. The second kappa shape index (κ2) is 6.16. The Morgan fingerprint density at radius 3 is 2.87 bits per heavy atom. The van der Waals surface area contributed by atoms with Crippen LogP contribution in [0.25, 0.3) is 0 Å². The first-order valence-corrected chi connectivity index (χ1v) is 10.5. The molecule has 2 atom stereocenters. The van der Waals surface area contributed by atoms with E-state index in [1.807, 2.05) is 11.4 Å². The van der Waals surface area contributed by atoms with E-state index < -0.39 is 21.4 Å². The van der Waals surface area contributed by atoms with Gasteiger partial charge in [0.15, 0.2) is 0 Å². The predicted molar refractivity (Wildman–Crippen MR) is 88.8 cm³/mol. The molecule has 2 fully saturated rings. The van der Waals surface area contributed by atoms with Gasteiger partial charge in [0.05, 0.1) is 11.7 Å². The summed E-state index contributed by atoms with van der Waals surface area (Å²) in [5.41, 5.74) is -0.937. The van der Waals surface area contributed by atoms with Crippen molar-refractivity contribution in [3.8, 4) is 0 Å². The van der Waals surface area contributed by atoms with Crippen LogP contribution in [-0.2, 0) is 21.4 Å². The van der Waals surface area contributed by atoms with E-state index in [0.717, 1.165) is 25.8 Å². The molecule has 2 aliphatic rings. The van der Waals surface area contributed by atoms with Gasteiger partial charge < -0.3 is 5.11 Å². The Hall–Kier alpha value is -0.960. The molecular formula is C15H22N2O4S2. The van der Waals surface area contributed by atoms with Gasteiger partial charge in [0.25, 0.3) is 0 Å². The van der Waals surface area contributed by atoms with Crippen LogP contribution in [0.1, 0.15) is 17.7 Å². The molecular weight excluding hydrogens is 336 g/mol. The van der Waals surface area contributed by atoms with E-state index in [4.69, 9.17) is 0 Å². The number of likely N-dealkylation sites (tertiary alicyclic amines) is 1. The summed E-state index contributed by atoms with van der Waals surface area (Å²) in [5.74, 6) is -1.01. The van der Waals surface area contributed by atoms with Crippen LogP contribution in [0.15, 0.2) is 17.5 Å². The highest BCUT2D eigenvalue weighted by molar-refractivity contribution is 7.88. The molecule has 23 heavy (non-hydrogen) atoms. The van der Waals surface area contributed by atoms with Gasteiger partial charge in [-0.1, -0.05) is 6.07 Å². The number of fused-ring (bicyclic) bond motifs is 1. The number of thiophene rings is 1. The zero-order valence-corrected chi connectivity index (χ0v) is 14.8. The number of carbonyl (C=O) groups is 1. The Bertz CT molecular complexity index is 674. The minimum atomic E-state index is -3.36. The average molecular weight is 358 g/mol. The fourth-order valence-electron chi connectivity index (χ4n) is 3.83. The Balaban J connectivity index is 1.82. The van der Waals surface area contributed by atoms with E-state index in [0.29, 0.717) is 19.5 Å². The highest BCUT2D eigenvalue weighted by Gasteiger charge is 2.55. The zero-order chi connectivity index (χ0) is 16.7. The van der Waals surface area contributed by atoms with Gasteiger partial charge in [-0.2, -0.15) is 0 Å². The first-order valence-electron chi connectivity index (χ1n) is 7.74. The van der Waals surface area contributed by atoms with Gasteiger partial charge in [0.2, 0.25) is 10.0 Å².